The van der Waals surface area contributed by atoms with Crippen molar-refractivity contribution in [2.24, 2.45) is 5.73 Å². The third kappa shape index (κ3) is 3.08. The maximum atomic E-state index is 6.09. The Hall–Kier alpha value is -0.380. The second kappa shape index (κ2) is 5.49. The molecule has 0 aliphatic heterocycles. The Kier molecular flexibility index (Phi) is 4.58. The lowest BCUT2D eigenvalue weighted by atomic mass is 10.00. The highest BCUT2D eigenvalue weighted by molar-refractivity contribution is 9.10. The fraction of sp³-hybridized carbons (Fsp3) is 0.455. The highest BCUT2D eigenvalue weighted by Gasteiger charge is 2.08. The third-order valence-electron chi connectivity index (χ3n) is 2.35. The maximum absolute atomic E-state index is 6.09. The molecule has 0 aromatic heterocycles. The van der Waals surface area contributed by atoms with E-state index < -0.39 is 0 Å². The molecule has 1 aromatic carbocycles. The number of aryl methyl sites for hydroxylation is 1. The van der Waals surface area contributed by atoms with E-state index in [1.165, 1.54) is 11.1 Å². The summed E-state index contributed by atoms with van der Waals surface area (Å²) in [5.74, 6) is 0. The summed E-state index contributed by atoms with van der Waals surface area (Å²) in [4.78, 5) is 0. The molecule has 0 heterocycles. The van der Waals surface area contributed by atoms with E-state index in [9.17, 15) is 0 Å². The van der Waals surface area contributed by atoms with E-state index in [1.807, 2.05) is 13.1 Å². The Labute approximate surface area is 94.0 Å². The first-order chi connectivity index (χ1) is 6.65. The number of benzene rings is 1. The Morgan fingerprint density at radius 3 is 2.86 bits per heavy atom. The van der Waals surface area contributed by atoms with Gasteiger partial charge in [0.05, 0.1) is 0 Å². The van der Waals surface area contributed by atoms with E-state index in [1.54, 1.807) is 0 Å². The Bertz CT molecular complexity index is 299. The van der Waals surface area contributed by atoms with Gasteiger partial charge in [-0.15, -0.1) is 0 Å². The maximum Gasteiger partial charge on any atom is 0.0310 e. The second-order valence-electron chi connectivity index (χ2n) is 3.50. The molecule has 0 saturated carbocycles. The lowest BCUT2D eigenvalue weighted by molar-refractivity contribution is 0.613. The minimum Gasteiger partial charge on any atom is -0.324 e. The predicted molar refractivity (Wildman–Crippen MR) is 64.4 cm³/mol. The summed E-state index contributed by atoms with van der Waals surface area (Å²) in [6.07, 6.45) is 0.966. The Morgan fingerprint density at radius 2 is 2.21 bits per heavy atom. The smallest absolute Gasteiger partial charge is 0.0310 e. The highest BCUT2D eigenvalue weighted by Crippen LogP contribution is 2.22. The van der Waals surface area contributed by atoms with E-state index in [-0.39, 0.29) is 6.04 Å². The Balaban J connectivity index is 2.77. The van der Waals surface area contributed by atoms with Gasteiger partial charge in [0, 0.05) is 10.5 Å². The van der Waals surface area contributed by atoms with Crippen LogP contribution in [0.3, 0.4) is 0 Å². The normalized spacial score (nSPS) is 12.9. The average molecular weight is 257 g/mol. The van der Waals surface area contributed by atoms with E-state index >= 15 is 0 Å². The van der Waals surface area contributed by atoms with Crippen LogP contribution < -0.4 is 11.1 Å². The number of halogens is 1. The summed E-state index contributed by atoms with van der Waals surface area (Å²) in [5, 5.41) is 3.11. The zero-order valence-electron chi connectivity index (χ0n) is 8.68. The van der Waals surface area contributed by atoms with Crippen molar-refractivity contribution in [3.63, 3.8) is 0 Å². The van der Waals surface area contributed by atoms with Crippen molar-refractivity contribution in [1.29, 1.82) is 0 Å². The summed E-state index contributed by atoms with van der Waals surface area (Å²) in [5.41, 5.74) is 8.58. The lowest BCUT2D eigenvalue weighted by Crippen LogP contribution is -2.18. The van der Waals surface area contributed by atoms with Crippen LogP contribution in [0.15, 0.2) is 22.7 Å². The minimum atomic E-state index is 0.125. The van der Waals surface area contributed by atoms with Gasteiger partial charge in [-0.1, -0.05) is 22.0 Å². The summed E-state index contributed by atoms with van der Waals surface area (Å²) >= 11 is 3.46. The lowest BCUT2D eigenvalue weighted by Gasteiger charge is -2.14. The molecule has 0 fully saturated rings. The van der Waals surface area contributed by atoms with Gasteiger partial charge in [-0.3, -0.25) is 0 Å². The second-order valence-corrected chi connectivity index (χ2v) is 4.42. The quantitative estimate of drug-likeness (QED) is 0.869. The molecule has 3 heteroatoms. The number of nitrogens with two attached hydrogens (primary N) is 1. The topological polar surface area (TPSA) is 38.0 Å². The van der Waals surface area contributed by atoms with Crippen LogP contribution in [0, 0.1) is 6.92 Å². The molecule has 1 unspecified atom stereocenters. The average Bonchev–Trinajstić information content (AvgIpc) is 2.18. The zero-order chi connectivity index (χ0) is 10.6. The largest absolute Gasteiger partial charge is 0.324 e. The molecule has 1 atom stereocenters. The van der Waals surface area contributed by atoms with Crippen LogP contribution >= 0.6 is 15.9 Å². The van der Waals surface area contributed by atoms with Crippen LogP contribution in [0.5, 0.6) is 0 Å². The molecule has 0 aliphatic carbocycles. The summed E-state index contributed by atoms with van der Waals surface area (Å²) in [6, 6.07) is 6.37. The van der Waals surface area contributed by atoms with E-state index in [4.69, 9.17) is 5.73 Å². The highest BCUT2D eigenvalue weighted by atomic mass is 79.9. The first-order valence-electron chi connectivity index (χ1n) is 4.81. The number of rotatable bonds is 4. The molecule has 0 spiro atoms. The fourth-order valence-electron chi connectivity index (χ4n) is 1.47. The van der Waals surface area contributed by atoms with Crippen molar-refractivity contribution in [2.45, 2.75) is 19.4 Å². The zero-order valence-corrected chi connectivity index (χ0v) is 10.3. The molecule has 0 saturated heterocycles. The number of nitrogens with one attached hydrogen (secondary N) is 1. The van der Waals surface area contributed by atoms with Gasteiger partial charge in [0.25, 0.3) is 0 Å². The molecule has 0 amide bonds. The molecule has 0 bridgehead atoms. The first-order valence-corrected chi connectivity index (χ1v) is 5.60. The van der Waals surface area contributed by atoms with Crippen LogP contribution in [0.1, 0.15) is 23.6 Å². The van der Waals surface area contributed by atoms with E-state index in [0.717, 1.165) is 17.4 Å². The summed E-state index contributed by atoms with van der Waals surface area (Å²) in [7, 11) is 1.94. The molecular weight excluding hydrogens is 240 g/mol. The summed E-state index contributed by atoms with van der Waals surface area (Å²) < 4.78 is 1.10. The van der Waals surface area contributed by atoms with Gasteiger partial charge < -0.3 is 11.1 Å². The van der Waals surface area contributed by atoms with Crippen molar-refractivity contribution >= 4 is 15.9 Å². The first kappa shape index (κ1) is 11.7. The van der Waals surface area contributed by atoms with E-state index in [0.29, 0.717) is 0 Å². The molecule has 1 aromatic rings. The molecule has 1 rings (SSSR count). The Morgan fingerprint density at radius 1 is 1.50 bits per heavy atom. The third-order valence-corrected chi connectivity index (χ3v) is 2.84. The van der Waals surface area contributed by atoms with Gasteiger partial charge in [-0.05, 0) is 50.2 Å². The van der Waals surface area contributed by atoms with Gasteiger partial charge >= 0.3 is 0 Å². The van der Waals surface area contributed by atoms with Crippen molar-refractivity contribution in [3.8, 4) is 0 Å². The molecule has 2 nitrogen and oxygen atoms in total. The van der Waals surface area contributed by atoms with Crippen molar-refractivity contribution in [2.75, 3.05) is 13.6 Å². The molecule has 78 valence electrons. The number of hydrogen-bond acceptors (Lipinski definition) is 2. The molecule has 0 radical (unpaired) electrons. The molecular formula is C11H17BrN2. The molecule has 0 aliphatic rings. The van der Waals surface area contributed by atoms with Crippen LogP contribution in [-0.2, 0) is 0 Å². The standard InChI is InChI=1S/C11H17BrN2/c1-8-3-4-9(12)7-10(8)11(13)5-6-14-2/h3-4,7,11,14H,5-6,13H2,1-2H3. The van der Waals surface area contributed by atoms with Crippen molar-refractivity contribution in [3.05, 3.63) is 33.8 Å². The molecule has 3 N–H and O–H groups in total. The van der Waals surface area contributed by atoms with Crippen molar-refractivity contribution in [1.82, 2.24) is 5.32 Å². The van der Waals surface area contributed by atoms with Crippen LogP contribution in [0.4, 0.5) is 0 Å². The van der Waals surface area contributed by atoms with Gasteiger partial charge in [0.15, 0.2) is 0 Å². The monoisotopic (exact) mass is 256 g/mol. The fourth-order valence-corrected chi connectivity index (χ4v) is 1.84. The van der Waals surface area contributed by atoms with Crippen LogP contribution in [-0.4, -0.2) is 13.6 Å². The van der Waals surface area contributed by atoms with Gasteiger partial charge in [0.1, 0.15) is 0 Å². The molecule has 14 heavy (non-hydrogen) atoms. The van der Waals surface area contributed by atoms with Gasteiger partial charge in [-0.25, -0.2) is 0 Å². The van der Waals surface area contributed by atoms with Crippen LogP contribution in [0.25, 0.3) is 0 Å². The minimum absolute atomic E-state index is 0.125. The summed E-state index contributed by atoms with van der Waals surface area (Å²) in [6.45, 7) is 3.05. The predicted octanol–water partition coefficient (Wildman–Crippen LogP) is 2.37. The SMILES string of the molecule is CNCCC(N)c1cc(Br)ccc1C. The van der Waals surface area contributed by atoms with Gasteiger partial charge in [-0.2, -0.15) is 0 Å². The van der Waals surface area contributed by atoms with Gasteiger partial charge in [0.2, 0.25) is 0 Å². The van der Waals surface area contributed by atoms with Crippen molar-refractivity contribution < 1.29 is 0 Å². The van der Waals surface area contributed by atoms with E-state index in [2.05, 4.69) is 40.3 Å². The van der Waals surface area contributed by atoms with Crippen LogP contribution in [0.2, 0.25) is 0 Å². The number of hydrogen-bond donors (Lipinski definition) is 2.